The molecule has 0 bridgehead atoms. The van der Waals surface area contributed by atoms with Gasteiger partial charge in [0.25, 0.3) is 5.91 Å². The quantitative estimate of drug-likeness (QED) is 0.554. The third-order valence-electron chi connectivity index (χ3n) is 4.19. The van der Waals surface area contributed by atoms with Crippen LogP contribution in [0.15, 0.2) is 66.4 Å². The molecule has 134 valence electrons. The van der Waals surface area contributed by atoms with Gasteiger partial charge in [-0.2, -0.15) is 0 Å². The summed E-state index contributed by atoms with van der Waals surface area (Å²) in [6.45, 7) is 2.50. The van der Waals surface area contributed by atoms with Crippen molar-refractivity contribution in [2.24, 2.45) is 0 Å². The Morgan fingerprint density at radius 1 is 1.11 bits per heavy atom. The van der Waals surface area contributed by atoms with Gasteiger partial charge in [-0.15, -0.1) is 0 Å². The summed E-state index contributed by atoms with van der Waals surface area (Å²) >= 11 is 5.34. The van der Waals surface area contributed by atoms with Gasteiger partial charge in [0, 0.05) is 5.39 Å². The fourth-order valence-corrected chi connectivity index (χ4v) is 3.28. The van der Waals surface area contributed by atoms with E-state index in [2.05, 4.69) is 10.3 Å². The molecule has 1 fully saturated rings. The maximum Gasteiger partial charge on any atom is 0.281 e. The van der Waals surface area contributed by atoms with Crippen LogP contribution in [-0.4, -0.2) is 22.6 Å². The van der Waals surface area contributed by atoms with Gasteiger partial charge < -0.3 is 10.1 Å². The number of carbonyl (C=O) groups is 1. The van der Waals surface area contributed by atoms with Crippen LogP contribution in [0.4, 0.5) is 5.69 Å². The summed E-state index contributed by atoms with van der Waals surface area (Å²) in [5, 5.41) is 4.32. The van der Waals surface area contributed by atoms with Gasteiger partial charge in [-0.25, -0.2) is 4.98 Å². The highest BCUT2D eigenvalue weighted by molar-refractivity contribution is 7.80. The number of pyridine rings is 1. The van der Waals surface area contributed by atoms with E-state index in [1.54, 1.807) is 6.08 Å². The zero-order valence-corrected chi connectivity index (χ0v) is 15.5. The van der Waals surface area contributed by atoms with Gasteiger partial charge in [0.1, 0.15) is 17.0 Å². The Labute approximate surface area is 162 Å². The molecule has 5 nitrogen and oxygen atoms in total. The first-order chi connectivity index (χ1) is 13.2. The molecule has 1 saturated heterocycles. The molecule has 0 spiro atoms. The summed E-state index contributed by atoms with van der Waals surface area (Å²) in [5.41, 5.74) is 2.54. The smallest absolute Gasteiger partial charge is 0.281 e. The van der Waals surface area contributed by atoms with Crippen molar-refractivity contribution in [1.29, 1.82) is 0 Å². The molecule has 0 radical (unpaired) electrons. The summed E-state index contributed by atoms with van der Waals surface area (Å²) in [6.07, 6.45) is 1.71. The number of amides is 1. The lowest BCUT2D eigenvalue weighted by Gasteiger charge is -2.13. The number of thiocarbonyl (C=S) groups is 1. The van der Waals surface area contributed by atoms with Crippen LogP contribution < -0.4 is 15.0 Å². The van der Waals surface area contributed by atoms with Crippen molar-refractivity contribution < 1.29 is 9.53 Å². The predicted octanol–water partition coefficient (Wildman–Crippen LogP) is 3.90. The van der Waals surface area contributed by atoms with E-state index >= 15 is 0 Å². The van der Waals surface area contributed by atoms with Crippen LogP contribution in [0, 0.1) is 0 Å². The molecule has 1 amide bonds. The van der Waals surface area contributed by atoms with Crippen molar-refractivity contribution in [2.45, 2.75) is 6.92 Å². The van der Waals surface area contributed by atoms with E-state index < -0.39 is 0 Å². The van der Waals surface area contributed by atoms with Gasteiger partial charge in [-0.05, 0) is 49.5 Å². The maximum absolute atomic E-state index is 12.8. The molecule has 0 atom stereocenters. The van der Waals surface area contributed by atoms with E-state index in [0.717, 1.165) is 22.3 Å². The largest absolute Gasteiger partial charge is 0.492 e. The molecule has 0 unspecified atom stereocenters. The molecular formula is C21H17N3O2S. The highest BCUT2D eigenvalue weighted by atomic mass is 32.1. The lowest BCUT2D eigenvalue weighted by Crippen LogP contribution is -2.30. The standard InChI is InChI=1S/C21H17N3O2S/c1-2-26-18-10-6-7-14-11-12-15(22-19(14)18)13-17-20(25)24(21(27)23-17)16-8-4-3-5-9-16/h3-13H,2H2,1H3,(H,23,27)/b17-13-. The number of ether oxygens (including phenoxy) is 1. The lowest BCUT2D eigenvalue weighted by atomic mass is 10.1. The van der Waals surface area contributed by atoms with Crippen LogP contribution in [0.25, 0.3) is 17.0 Å². The number of anilines is 1. The van der Waals surface area contributed by atoms with Crippen molar-refractivity contribution in [1.82, 2.24) is 10.3 Å². The number of hydrogen-bond acceptors (Lipinski definition) is 4. The number of nitrogens with zero attached hydrogens (tertiary/aromatic N) is 2. The Morgan fingerprint density at radius 2 is 1.93 bits per heavy atom. The summed E-state index contributed by atoms with van der Waals surface area (Å²) in [5.74, 6) is 0.522. The first kappa shape index (κ1) is 17.2. The normalized spacial score (nSPS) is 15.4. The SMILES string of the molecule is CCOc1cccc2ccc(/C=C3\NC(=S)N(c4ccccc4)C3=O)nc12. The van der Waals surface area contributed by atoms with E-state index in [-0.39, 0.29) is 5.91 Å². The average Bonchev–Trinajstić information content (AvgIpc) is 2.96. The summed E-state index contributed by atoms with van der Waals surface area (Å²) in [6, 6.07) is 19.0. The van der Waals surface area contributed by atoms with Gasteiger partial charge in [-0.1, -0.05) is 36.4 Å². The van der Waals surface area contributed by atoms with Gasteiger partial charge in [0.05, 0.1) is 18.0 Å². The first-order valence-corrected chi connectivity index (χ1v) is 9.03. The Balaban J connectivity index is 1.70. The van der Waals surface area contributed by atoms with Gasteiger partial charge >= 0.3 is 0 Å². The molecule has 1 aliphatic heterocycles. The summed E-state index contributed by atoms with van der Waals surface area (Å²) < 4.78 is 5.66. The minimum atomic E-state index is -0.203. The molecule has 1 aromatic heterocycles. The second-order valence-corrected chi connectivity index (χ2v) is 6.35. The van der Waals surface area contributed by atoms with Crippen LogP contribution >= 0.6 is 12.2 Å². The number of rotatable bonds is 4. The Morgan fingerprint density at radius 3 is 2.70 bits per heavy atom. The van der Waals surface area contributed by atoms with Crippen LogP contribution in [0.5, 0.6) is 5.75 Å². The third kappa shape index (κ3) is 3.27. The minimum Gasteiger partial charge on any atom is -0.492 e. The van der Waals surface area contributed by atoms with Gasteiger partial charge in [-0.3, -0.25) is 9.69 Å². The number of benzene rings is 2. The number of fused-ring (bicyclic) bond motifs is 1. The lowest BCUT2D eigenvalue weighted by molar-refractivity contribution is -0.113. The van der Waals surface area contributed by atoms with Crippen molar-refractivity contribution in [3.63, 3.8) is 0 Å². The molecule has 0 aliphatic carbocycles. The number of hydrogen-bond donors (Lipinski definition) is 1. The second kappa shape index (κ2) is 7.17. The van der Waals surface area contributed by atoms with E-state index in [0.29, 0.717) is 23.1 Å². The number of carbonyl (C=O) groups excluding carboxylic acids is 1. The number of aromatic nitrogens is 1. The number of para-hydroxylation sites is 2. The highest BCUT2D eigenvalue weighted by Gasteiger charge is 2.31. The van der Waals surface area contributed by atoms with Gasteiger partial charge in [0.2, 0.25) is 0 Å². The molecular weight excluding hydrogens is 358 g/mol. The molecule has 6 heteroatoms. The van der Waals surface area contributed by atoms with Crippen LogP contribution in [0.2, 0.25) is 0 Å². The van der Waals surface area contributed by atoms with Crippen molar-refractivity contribution >= 4 is 45.9 Å². The first-order valence-electron chi connectivity index (χ1n) is 8.62. The van der Waals surface area contributed by atoms with E-state index in [4.69, 9.17) is 17.0 Å². The topological polar surface area (TPSA) is 54.5 Å². The molecule has 4 rings (SSSR count). The molecule has 1 N–H and O–H groups in total. The number of nitrogens with one attached hydrogen (secondary N) is 1. The van der Waals surface area contributed by atoms with E-state index in [1.165, 1.54) is 4.90 Å². The zero-order valence-electron chi connectivity index (χ0n) is 14.7. The molecule has 27 heavy (non-hydrogen) atoms. The third-order valence-corrected chi connectivity index (χ3v) is 4.47. The Bertz CT molecular complexity index is 1060. The zero-order chi connectivity index (χ0) is 18.8. The van der Waals surface area contributed by atoms with Crippen molar-refractivity contribution in [3.8, 4) is 5.75 Å². The van der Waals surface area contributed by atoms with Crippen LogP contribution in [0.3, 0.4) is 0 Å². The molecule has 1 aliphatic rings. The van der Waals surface area contributed by atoms with E-state index in [9.17, 15) is 4.79 Å². The van der Waals surface area contributed by atoms with E-state index in [1.807, 2.05) is 67.6 Å². The minimum absolute atomic E-state index is 0.203. The monoisotopic (exact) mass is 375 g/mol. The van der Waals surface area contributed by atoms with Crippen molar-refractivity contribution in [3.05, 3.63) is 72.1 Å². The van der Waals surface area contributed by atoms with Crippen LogP contribution in [-0.2, 0) is 4.79 Å². The Hall–Kier alpha value is -3.25. The molecule has 2 aromatic carbocycles. The maximum atomic E-state index is 12.8. The fraction of sp³-hybridized carbons (Fsp3) is 0.0952. The fourth-order valence-electron chi connectivity index (χ4n) is 2.98. The van der Waals surface area contributed by atoms with Gasteiger partial charge in [0.15, 0.2) is 5.11 Å². The van der Waals surface area contributed by atoms with Crippen LogP contribution in [0.1, 0.15) is 12.6 Å². The molecule has 2 heterocycles. The predicted molar refractivity (Wildman–Crippen MR) is 111 cm³/mol. The molecule has 3 aromatic rings. The average molecular weight is 375 g/mol. The Kier molecular flexibility index (Phi) is 4.56. The highest BCUT2D eigenvalue weighted by Crippen LogP contribution is 2.26. The summed E-state index contributed by atoms with van der Waals surface area (Å²) in [7, 11) is 0. The summed E-state index contributed by atoms with van der Waals surface area (Å²) in [4.78, 5) is 18.9. The van der Waals surface area contributed by atoms with Crippen molar-refractivity contribution in [2.75, 3.05) is 11.5 Å². The second-order valence-electron chi connectivity index (χ2n) is 5.96. The molecule has 0 saturated carbocycles.